The number of alkyl halides is 3. The molecule has 6 rings (SSSR count). The molecule has 7 nitrogen and oxygen atoms in total. The minimum absolute atomic E-state index is 0.340. The van der Waals surface area contributed by atoms with E-state index in [4.69, 9.17) is 0 Å². The summed E-state index contributed by atoms with van der Waals surface area (Å²) >= 11 is 5.36. The van der Waals surface area contributed by atoms with Crippen molar-refractivity contribution in [2.75, 3.05) is 10.2 Å². The standard InChI is InChI=1S/C30H21BrF3N3O4S2/c1-15-9-11-18(12-10-15)37-26(39)23-22(16-5-4-6-17(31)13-16)25-28(42-24(23)27(37)40)36(29(41)43-25)14-21(38)35-20-8-3-2-7-19(20)30(32,33)34/h2-13,22-24H,14H2,1H3,(H,35,38)/t22-,23-,24+/m0/s1. The van der Waals surface area contributed by atoms with Crippen molar-refractivity contribution >= 4 is 68.1 Å². The van der Waals surface area contributed by atoms with E-state index >= 15 is 0 Å². The number of hydrogen-bond acceptors (Lipinski definition) is 6. The van der Waals surface area contributed by atoms with Crippen LogP contribution >= 0.6 is 39.0 Å². The van der Waals surface area contributed by atoms with Crippen LogP contribution in [0.4, 0.5) is 24.5 Å². The van der Waals surface area contributed by atoms with Crippen LogP contribution in [0.25, 0.3) is 0 Å². The number of nitrogens with zero attached hydrogens (tertiary/aromatic N) is 2. The molecule has 1 saturated heterocycles. The first-order valence-electron chi connectivity index (χ1n) is 13.0. The number of amides is 3. The van der Waals surface area contributed by atoms with Gasteiger partial charge in [-0.25, -0.2) is 4.90 Å². The second-order valence-corrected chi connectivity index (χ2v) is 13.2. The highest BCUT2D eigenvalue weighted by Gasteiger charge is 2.56. The van der Waals surface area contributed by atoms with Gasteiger partial charge in [-0.15, -0.1) is 0 Å². The summed E-state index contributed by atoms with van der Waals surface area (Å²) in [4.78, 5) is 55.2. The van der Waals surface area contributed by atoms with E-state index in [-0.39, 0.29) is 0 Å². The van der Waals surface area contributed by atoms with Gasteiger partial charge in [0, 0.05) is 15.3 Å². The van der Waals surface area contributed by atoms with Gasteiger partial charge in [-0.1, -0.05) is 81.0 Å². The molecule has 4 aromatic rings. The molecule has 0 spiro atoms. The molecule has 3 amide bonds. The van der Waals surface area contributed by atoms with Gasteiger partial charge >= 0.3 is 11.0 Å². The first-order chi connectivity index (χ1) is 20.4. The lowest BCUT2D eigenvalue weighted by atomic mass is 9.83. The zero-order valence-electron chi connectivity index (χ0n) is 22.2. The van der Waals surface area contributed by atoms with E-state index in [1.165, 1.54) is 21.6 Å². The largest absolute Gasteiger partial charge is 0.418 e. The molecule has 2 aliphatic heterocycles. The fourth-order valence-corrected chi connectivity index (χ4v) is 8.63. The number of aromatic nitrogens is 1. The van der Waals surface area contributed by atoms with Crippen LogP contribution in [0.15, 0.2) is 87.1 Å². The average Bonchev–Trinajstić information content (AvgIpc) is 3.39. The predicted molar refractivity (Wildman–Crippen MR) is 161 cm³/mol. The summed E-state index contributed by atoms with van der Waals surface area (Å²) in [7, 11) is 0. The van der Waals surface area contributed by atoms with Crippen LogP contribution in [0.2, 0.25) is 0 Å². The van der Waals surface area contributed by atoms with Crippen molar-refractivity contribution in [3.63, 3.8) is 0 Å². The monoisotopic (exact) mass is 687 g/mol. The van der Waals surface area contributed by atoms with Gasteiger partial charge in [0.05, 0.1) is 27.9 Å². The summed E-state index contributed by atoms with van der Waals surface area (Å²) in [6.07, 6.45) is -4.69. The summed E-state index contributed by atoms with van der Waals surface area (Å²) in [5, 5.41) is 1.73. The average molecular weight is 689 g/mol. The highest BCUT2D eigenvalue weighted by atomic mass is 79.9. The van der Waals surface area contributed by atoms with Crippen LogP contribution in [0.3, 0.4) is 0 Å². The van der Waals surface area contributed by atoms with Gasteiger partial charge < -0.3 is 5.32 Å². The Hall–Kier alpha value is -3.68. The number of aryl methyl sites for hydroxylation is 1. The number of thiazole rings is 1. The number of halogens is 4. The fourth-order valence-electron chi connectivity index (χ4n) is 5.44. The van der Waals surface area contributed by atoms with E-state index in [2.05, 4.69) is 21.2 Å². The van der Waals surface area contributed by atoms with E-state index in [0.29, 0.717) is 21.2 Å². The van der Waals surface area contributed by atoms with Gasteiger partial charge in [-0.05, 0) is 48.9 Å². The van der Waals surface area contributed by atoms with Crippen molar-refractivity contribution in [3.8, 4) is 0 Å². The van der Waals surface area contributed by atoms with E-state index in [1.807, 2.05) is 25.1 Å². The molecule has 220 valence electrons. The van der Waals surface area contributed by atoms with Crippen LogP contribution < -0.4 is 15.1 Å². The molecule has 1 fully saturated rings. The molecule has 0 saturated carbocycles. The van der Waals surface area contributed by atoms with Gasteiger partial charge in [0.2, 0.25) is 17.7 Å². The van der Waals surface area contributed by atoms with Gasteiger partial charge in [0.25, 0.3) is 0 Å². The van der Waals surface area contributed by atoms with Crippen molar-refractivity contribution in [1.29, 1.82) is 0 Å². The molecule has 1 aromatic heterocycles. The molecule has 0 aliphatic carbocycles. The summed E-state index contributed by atoms with van der Waals surface area (Å²) in [6.45, 7) is 1.32. The number of rotatable bonds is 5. The maximum atomic E-state index is 13.9. The number of carbonyl (C=O) groups is 3. The van der Waals surface area contributed by atoms with Gasteiger partial charge in [0.15, 0.2) is 0 Å². The molecular formula is C30H21BrF3N3O4S2. The molecule has 0 unspecified atom stereocenters. The van der Waals surface area contributed by atoms with Crippen LogP contribution in [0, 0.1) is 12.8 Å². The van der Waals surface area contributed by atoms with Crippen molar-refractivity contribution in [2.45, 2.75) is 35.8 Å². The van der Waals surface area contributed by atoms with Crippen LogP contribution in [-0.2, 0) is 27.1 Å². The molecule has 3 heterocycles. The van der Waals surface area contributed by atoms with Crippen molar-refractivity contribution in [3.05, 3.63) is 109 Å². The Morgan fingerprint density at radius 2 is 1.70 bits per heavy atom. The second kappa shape index (κ2) is 11.1. The molecule has 3 aromatic carbocycles. The Bertz CT molecular complexity index is 1840. The number of hydrogen-bond donors (Lipinski definition) is 1. The third-order valence-electron chi connectivity index (χ3n) is 7.36. The Kier molecular flexibility index (Phi) is 7.59. The molecule has 0 radical (unpaired) electrons. The van der Waals surface area contributed by atoms with E-state index in [9.17, 15) is 32.3 Å². The normalized spacial score (nSPS) is 19.7. The lowest BCUT2D eigenvalue weighted by Crippen LogP contribution is -2.33. The molecule has 43 heavy (non-hydrogen) atoms. The molecule has 13 heteroatoms. The van der Waals surface area contributed by atoms with E-state index < -0.39 is 63.7 Å². The second-order valence-electron chi connectivity index (χ2n) is 10.2. The molecule has 0 bridgehead atoms. The van der Waals surface area contributed by atoms with Crippen LogP contribution in [0.5, 0.6) is 0 Å². The first kappa shape index (κ1) is 29.4. The van der Waals surface area contributed by atoms with Crippen LogP contribution in [-0.4, -0.2) is 27.5 Å². The molecule has 2 aliphatic rings. The third kappa shape index (κ3) is 5.34. The lowest BCUT2D eigenvalue weighted by Gasteiger charge is -2.30. The summed E-state index contributed by atoms with van der Waals surface area (Å²) in [5.41, 5.74) is 0.661. The molecular weight excluding hydrogens is 667 g/mol. The topological polar surface area (TPSA) is 88.5 Å². The van der Waals surface area contributed by atoms with Crippen LogP contribution in [0.1, 0.15) is 27.5 Å². The van der Waals surface area contributed by atoms with Crippen molar-refractivity contribution in [2.24, 2.45) is 5.92 Å². The Labute approximate surface area is 259 Å². The van der Waals surface area contributed by atoms with Gasteiger partial charge in [-0.2, -0.15) is 13.2 Å². The number of para-hydroxylation sites is 1. The van der Waals surface area contributed by atoms with Gasteiger partial charge in [-0.3, -0.25) is 23.7 Å². The number of imide groups is 1. The number of carbonyl (C=O) groups excluding carboxylic acids is 3. The number of nitrogens with one attached hydrogen (secondary N) is 1. The number of anilines is 2. The third-order valence-corrected chi connectivity index (χ3v) is 10.5. The maximum absolute atomic E-state index is 13.9. The maximum Gasteiger partial charge on any atom is 0.418 e. The molecule has 1 N–H and O–H groups in total. The van der Waals surface area contributed by atoms with Crippen molar-refractivity contribution < 1.29 is 27.6 Å². The quantitative estimate of drug-likeness (QED) is 0.244. The number of benzene rings is 3. The smallest absolute Gasteiger partial charge is 0.324 e. The Morgan fingerprint density at radius 3 is 2.40 bits per heavy atom. The van der Waals surface area contributed by atoms with Gasteiger partial charge in [0.1, 0.15) is 11.8 Å². The zero-order valence-corrected chi connectivity index (χ0v) is 25.4. The Morgan fingerprint density at radius 1 is 0.977 bits per heavy atom. The first-order valence-corrected chi connectivity index (χ1v) is 15.5. The minimum Gasteiger partial charge on any atom is -0.324 e. The zero-order chi connectivity index (χ0) is 30.6. The summed E-state index contributed by atoms with van der Waals surface area (Å²) in [5.74, 6) is -3.16. The Balaban J connectivity index is 1.40. The number of fused-ring (bicyclic) bond motifs is 2. The molecule has 3 atom stereocenters. The summed E-state index contributed by atoms with van der Waals surface area (Å²) < 4.78 is 42.4. The summed E-state index contributed by atoms with van der Waals surface area (Å²) in [6, 6.07) is 18.8. The highest BCUT2D eigenvalue weighted by molar-refractivity contribution is 9.10. The van der Waals surface area contributed by atoms with E-state index in [0.717, 1.165) is 45.3 Å². The van der Waals surface area contributed by atoms with Crippen molar-refractivity contribution in [1.82, 2.24) is 4.57 Å². The number of thioether (sulfide) groups is 1. The fraction of sp³-hybridized carbons (Fsp3) is 0.200. The highest BCUT2D eigenvalue weighted by Crippen LogP contribution is 2.54. The lowest BCUT2D eigenvalue weighted by molar-refractivity contribution is -0.137. The minimum atomic E-state index is -4.69. The van der Waals surface area contributed by atoms with E-state index in [1.54, 1.807) is 30.3 Å². The SMILES string of the molecule is Cc1ccc(N2C(=O)[C@H]3[C@H](c4cccc(Br)c4)c4sc(=O)n(CC(=O)Nc5ccccc5C(F)(F)F)c4S[C@H]3C2=O)cc1. The predicted octanol–water partition coefficient (Wildman–Crippen LogP) is 6.43.